The summed E-state index contributed by atoms with van der Waals surface area (Å²) < 4.78 is 2.07. The maximum absolute atomic E-state index is 12.3. The van der Waals surface area contributed by atoms with Crippen LogP contribution >= 0.6 is 11.8 Å². The number of aromatic nitrogens is 3. The van der Waals surface area contributed by atoms with Crippen molar-refractivity contribution < 1.29 is 4.79 Å². The first-order valence-corrected chi connectivity index (χ1v) is 11.1. The third-order valence-electron chi connectivity index (χ3n) is 4.62. The summed E-state index contributed by atoms with van der Waals surface area (Å²) in [5.74, 6) is 1.30. The van der Waals surface area contributed by atoms with Gasteiger partial charge in [-0.15, -0.1) is 16.8 Å². The van der Waals surface area contributed by atoms with E-state index in [1.807, 2.05) is 43.3 Å². The molecule has 1 heterocycles. The van der Waals surface area contributed by atoms with Crippen LogP contribution in [-0.2, 0) is 17.8 Å². The molecular weight excluding hydrogens is 368 g/mol. The van der Waals surface area contributed by atoms with Crippen LogP contribution in [0.15, 0.2) is 48.1 Å². The van der Waals surface area contributed by atoms with Crippen molar-refractivity contribution in [1.82, 2.24) is 20.1 Å². The van der Waals surface area contributed by atoms with Crippen LogP contribution in [0.2, 0.25) is 0 Å². The first kappa shape index (κ1) is 22.2. The molecule has 0 unspecified atom stereocenters. The number of benzene rings is 1. The fourth-order valence-corrected chi connectivity index (χ4v) is 3.83. The molecule has 28 heavy (non-hydrogen) atoms. The van der Waals surface area contributed by atoms with Gasteiger partial charge in [-0.1, -0.05) is 80.8 Å². The van der Waals surface area contributed by atoms with Crippen LogP contribution in [0.25, 0.3) is 0 Å². The lowest BCUT2D eigenvalue weighted by atomic mass is 10.1. The second kappa shape index (κ2) is 12.4. The molecule has 1 atom stereocenters. The summed E-state index contributed by atoms with van der Waals surface area (Å²) in [5.41, 5.74) is 1.10. The first-order valence-electron chi connectivity index (χ1n) is 10.2. The molecule has 0 aliphatic rings. The van der Waals surface area contributed by atoms with Crippen LogP contribution in [0.1, 0.15) is 63.4 Å². The van der Waals surface area contributed by atoms with Crippen LogP contribution < -0.4 is 5.32 Å². The van der Waals surface area contributed by atoms with E-state index in [0.717, 1.165) is 29.4 Å². The number of nitrogens with one attached hydrogen (secondary N) is 1. The number of carbonyl (C=O) groups excluding carboxylic acids is 1. The smallest absolute Gasteiger partial charge is 0.230 e. The van der Waals surface area contributed by atoms with Gasteiger partial charge in [0.2, 0.25) is 5.91 Å². The van der Waals surface area contributed by atoms with E-state index in [4.69, 9.17) is 0 Å². The maximum atomic E-state index is 12.3. The Morgan fingerprint density at radius 3 is 2.68 bits per heavy atom. The lowest BCUT2D eigenvalue weighted by molar-refractivity contribution is -0.119. The van der Waals surface area contributed by atoms with E-state index in [-0.39, 0.29) is 11.9 Å². The molecule has 2 rings (SSSR count). The molecule has 1 N–H and O–H groups in total. The minimum atomic E-state index is -0.0148. The highest BCUT2D eigenvalue weighted by molar-refractivity contribution is 7.99. The monoisotopic (exact) mass is 400 g/mol. The van der Waals surface area contributed by atoms with Crippen LogP contribution in [-0.4, -0.2) is 26.4 Å². The first-order chi connectivity index (χ1) is 13.7. The normalized spacial score (nSPS) is 11.9. The molecule has 5 nitrogen and oxygen atoms in total. The van der Waals surface area contributed by atoms with Gasteiger partial charge in [-0.05, 0) is 18.9 Å². The minimum Gasteiger partial charge on any atom is -0.349 e. The molecule has 1 aromatic heterocycles. The number of allylic oxidation sites excluding steroid dienone is 1. The Labute approximate surface area is 173 Å². The average Bonchev–Trinajstić information content (AvgIpc) is 3.09. The van der Waals surface area contributed by atoms with Crippen molar-refractivity contribution in [3.8, 4) is 0 Å². The van der Waals surface area contributed by atoms with Crippen molar-refractivity contribution in [3.05, 3.63) is 54.4 Å². The van der Waals surface area contributed by atoms with Crippen molar-refractivity contribution in [3.63, 3.8) is 0 Å². The molecule has 0 bridgehead atoms. The second-order valence-corrected chi connectivity index (χ2v) is 7.89. The van der Waals surface area contributed by atoms with Crippen molar-refractivity contribution in [2.45, 2.75) is 70.1 Å². The number of unbranched alkanes of at least 4 members (excludes halogenated alkanes) is 4. The number of aryl methyl sites for hydroxylation is 1. The molecule has 0 radical (unpaired) electrons. The van der Waals surface area contributed by atoms with Gasteiger partial charge in [0.25, 0.3) is 0 Å². The molecule has 0 spiro atoms. The Kier molecular flexibility index (Phi) is 9.83. The summed E-state index contributed by atoms with van der Waals surface area (Å²) in [6.07, 6.45) is 8.92. The number of amides is 1. The Bertz CT molecular complexity index is 729. The number of thioether (sulfide) groups is 1. The number of hydrogen-bond donors (Lipinski definition) is 1. The van der Waals surface area contributed by atoms with E-state index in [1.165, 1.54) is 37.4 Å². The number of hydrogen-bond acceptors (Lipinski definition) is 4. The fourth-order valence-electron chi connectivity index (χ4n) is 3.05. The fraction of sp³-hybridized carbons (Fsp3) is 0.500. The molecule has 2 aromatic rings. The summed E-state index contributed by atoms with van der Waals surface area (Å²) in [4.78, 5) is 12.3. The van der Waals surface area contributed by atoms with Gasteiger partial charge in [-0.3, -0.25) is 4.79 Å². The van der Waals surface area contributed by atoms with Gasteiger partial charge in [0.1, 0.15) is 5.82 Å². The molecule has 0 fully saturated rings. The highest BCUT2D eigenvalue weighted by Gasteiger charge is 2.15. The van der Waals surface area contributed by atoms with E-state index in [2.05, 4.69) is 33.6 Å². The third-order valence-corrected chi connectivity index (χ3v) is 5.59. The molecule has 1 amide bonds. The van der Waals surface area contributed by atoms with Gasteiger partial charge in [-0.2, -0.15) is 0 Å². The molecule has 0 saturated carbocycles. The summed E-state index contributed by atoms with van der Waals surface area (Å²) in [7, 11) is 0. The molecule has 6 heteroatoms. The zero-order valence-electron chi connectivity index (χ0n) is 17.1. The van der Waals surface area contributed by atoms with Crippen molar-refractivity contribution >= 4 is 17.7 Å². The Morgan fingerprint density at radius 1 is 1.21 bits per heavy atom. The number of rotatable bonds is 13. The average molecular weight is 401 g/mol. The third kappa shape index (κ3) is 7.15. The van der Waals surface area contributed by atoms with Crippen LogP contribution in [0.3, 0.4) is 0 Å². The standard InChI is InChI=1S/C22H32N4OS/c1-4-6-7-8-12-15-20-24-25-22(26(20)16-5-2)28-17-21(27)23-18(3)19-13-10-9-11-14-19/h5,9-11,13-14,18H,2,4,6-8,12,15-17H2,1,3H3,(H,23,27)/t18-/m0/s1. The summed E-state index contributed by atoms with van der Waals surface area (Å²) in [5, 5.41) is 12.5. The zero-order chi connectivity index (χ0) is 20.2. The van der Waals surface area contributed by atoms with Gasteiger partial charge >= 0.3 is 0 Å². The maximum Gasteiger partial charge on any atom is 0.230 e. The summed E-state index contributed by atoms with van der Waals surface area (Å²) >= 11 is 1.43. The molecular formula is C22H32N4OS. The van der Waals surface area contributed by atoms with Crippen LogP contribution in [0.5, 0.6) is 0 Å². The van der Waals surface area contributed by atoms with E-state index >= 15 is 0 Å². The van der Waals surface area contributed by atoms with Gasteiger partial charge in [0.15, 0.2) is 5.16 Å². The summed E-state index contributed by atoms with van der Waals surface area (Å²) in [6, 6.07) is 9.96. The van der Waals surface area contributed by atoms with Gasteiger partial charge in [0.05, 0.1) is 11.8 Å². The molecule has 1 aromatic carbocycles. The molecule has 0 aliphatic carbocycles. The van der Waals surface area contributed by atoms with Crippen LogP contribution in [0.4, 0.5) is 0 Å². The van der Waals surface area contributed by atoms with Gasteiger partial charge < -0.3 is 9.88 Å². The van der Waals surface area contributed by atoms with Gasteiger partial charge in [-0.25, -0.2) is 0 Å². The molecule has 152 valence electrons. The van der Waals surface area contributed by atoms with Crippen LogP contribution in [0, 0.1) is 0 Å². The Balaban J connectivity index is 1.86. The van der Waals surface area contributed by atoms with Crippen molar-refractivity contribution in [2.75, 3.05) is 5.75 Å². The quantitative estimate of drug-likeness (QED) is 0.294. The van der Waals surface area contributed by atoms with E-state index in [9.17, 15) is 4.79 Å². The second-order valence-electron chi connectivity index (χ2n) is 6.95. The molecule has 0 saturated heterocycles. The highest BCUT2D eigenvalue weighted by Crippen LogP contribution is 2.19. The predicted molar refractivity (Wildman–Crippen MR) is 116 cm³/mol. The van der Waals surface area contributed by atoms with E-state index < -0.39 is 0 Å². The lowest BCUT2D eigenvalue weighted by Crippen LogP contribution is -2.28. The topological polar surface area (TPSA) is 59.8 Å². The predicted octanol–water partition coefficient (Wildman–Crippen LogP) is 4.95. The largest absolute Gasteiger partial charge is 0.349 e. The Hall–Kier alpha value is -2.08. The van der Waals surface area contributed by atoms with Crippen molar-refractivity contribution in [2.24, 2.45) is 0 Å². The van der Waals surface area contributed by atoms with Gasteiger partial charge in [0, 0.05) is 13.0 Å². The summed E-state index contributed by atoms with van der Waals surface area (Å²) in [6.45, 7) is 8.73. The SMILES string of the molecule is C=CCn1c(CCCCCCC)nnc1SCC(=O)N[C@@H](C)c1ccccc1. The lowest BCUT2D eigenvalue weighted by Gasteiger charge is -2.14. The minimum absolute atomic E-state index is 0.00405. The van der Waals surface area contributed by atoms with E-state index in [0.29, 0.717) is 12.3 Å². The molecule has 0 aliphatic heterocycles. The zero-order valence-corrected chi connectivity index (χ0v) is 17.9. The van der Waals surface area contributed by atoms with E-state index in [1.54, 1.807) is 0 Å². The number of carbonyl (C=O) groups is 1. The number of nitrogens with zero attached hydrogens (tertiary/aromatic N) is 3. The Morgan fingerprint density at radius 2 is 1.96 bits per heavy atom. The highest BCUT2D eigenvalue weighted by atomic mass is 32.2. The van der Waals surface area contributed by atoms with Crippen molar-refractivity contribution in [1.29, 1.82) is 0 Å².